The maximum absolute atomic E-state index is 13.2. The predicted octanol–water partition coefficient (Wildman–Crippen LogP) is 0.321. The molecule has 0 aliphatic carbocycles. The standard InChI is InChI=1S/C13H16FNO5S2/c1-9-6-10(14)2-3-13(9)22(18,19)15-4-5-20-12-8-21(16,17)7-11(12)15/h2-3,6,11-12H,4-5,7-8H2,1H3. The summed E-state index contributed by atoms with van der Waals surface area (Å²) in [5.74, 6) is -0.914. The van der Waals surface area contributed by atoms with Gasteiger partial charge in [0.25, 0.3) is 0 Å². The van der Waals surface area contributed by atoms with Crippen molar-refractivity contribution in [2.45, 2.75) is 24.0 Å². The zero-order chi connectivity index (χ0) is 16.1. The third-order valence-electron chi connectivity index (χ3n) is 4.01. The number of aryl methyl sites for hydroxylation is 1. The first-order valence-electron chi connectivity index (χ1n) is 6.81. The monoisotopic (exact) mass is 349 g/mol. The number of sulfone groups is 1. The Morgan fingerprint density at radius 3 is 2.73 bits per heavy atom. The fraction of sp³-hybridized carbons (Fsp3) is 0.538. The number of sulfonamides is 1. The molecule has 2 fully saturated rings. The second-order valence-corrected chi connectivity index (χ2v) is 9.59. The van der Waals surface area contributed by atoms with Gasteiger partial charge in [-0.05, 0) is 30.7 Å². The molecule has 2 aliphatic heterocycles. The molecule has 3 rings (SSSR count). The number of rotatable bonds is 2. The van der Waals surface area contributed by atoms with Crippen LogP contribution in [0.25, 0.3) is 0 Å². The molecule has 0 amide bonds. The number of halogens is 1. The molecule has 122 valence electrons. The van der Waals surface area contributed by atoms with Gasteiger partial charge in [0.05, 0.1) is 35.2 Å². The predicted molar refractivity (Wildman–Crippen MR) is 77.2 cm³/mol. The zero-order valence-electron chi connectivity index (χ0n) is 11.9. The summed E-state index contributed by atoms with van der Waals surface area (Å²) in [5, 5.41) is 0. The molecule has 0 radical (unpaired) electrons. The van der Waals surface area contributed by atoms with Crippen molar-refractivity contribution in [3.8, 4) is 0 Å². The van der Waals surface area contributed by atoms with E-state index in [1.54, 1.807) is 0 Å². The molecule has 0 spiro atoms. The Bertz CT molecular complexity index is 806. The van der Waals surface area contributed by atoms with Crippen LogP contribution >= 0.6 is 0 Å². The first kappa shape index (κ1) is 15.9. The molecule has 0 saturated carbocycles. The molecule has 0 N–H and O–H groups in total. The average Bonchev–Trinajstić information content (AvgIpc) is 2.71. The molecule has 2 unspecified atom stereocenters. The quantitative estimate of drug-likeness (QED) is 0.768. The van der Waals surface area contributed by atoms with Gasteiger partial charge < -0.3 is 4.74 Å². The number of benzene rings is 1. The maximum Gasteiger partial charge on any atom is 0.243 e. The second-order valence-electron chi connectivity index (χ2n) is 5.58. The normalized spacial score (nSPS) is 28.5. The van der Waals surface area contributed by atoms with Crippen LogP contribution in [-0.4, -0.2) is 57.9 Å². The lowest BCUT2D eigenvalue weighted by Gasteiger charge is -2.35. The minimum absolute atomic E-state index is 0.00107. The van der Waals surface area contributed by atoms with Crippen LogP contribution in [0.15, 0.2) is 23.1 Å². The van der Waals surface area contributed by atoms with Gasteiger partial charge in [0, 0.05) is 6.54 Å². The summed E-state index contributed by atoms with van der Waals surface area (Å²) < 4.78 is 69.0. The van der Waals surface area contributed by atoms with Crippen LogP contribution < -0.4 is 0 Å². The fourth-order valence-electron chi connectivity index (χ4n) is 3.01. The summed E-state index contributed by atoms with van der Waals surface area (Å²) in [4.78, 5) is -0.00107. The Kier molecular flexibility index (Phi) is 3.79. The summed E-state index contributed by atoms with van der Waals surface area (Å²) >= 11 is 0. The van der Waals surface area contributed by atoms with Gasteiger partial charge in [0.15, 0.2) is 9.84 Å². The summed E-state index contributed by atoms with van der Waals surface area (Å²) in [7, 11) is -7.20. The van der Waals surface area contributed by atoms with Crippen molar-refractivity contribution in [3.05, 3.63) is 29.6 Å². The van der Waals surface area contributed by atoms with Crippen LogP contribution in [0.4, 0.5) is 4.39 Å². The topological polar surface area (TPSA) is 80.8 Å². The van der Waals surface area contributed by atoms with E-state index in [4.69, 9.17) is 4.74 Å². The number of fused-ring (bicyclic) bond motifs is 1. The second kappa shape index (κ2) is 5.26. The molecular formula is C13H16FNO5S2. The summed E-state index contributed by atoms with van der Waals surface area (Å²) in [6.45, 7) is 1.76. The highest BCUT2D eigenvalue weighted by Crippen LogP contribution is 2.30. The van der Waals surface area contributed by atoms with E-state index in [2.05, 4.69) is 0 Å². The van der Waals surface area contributed by atoms with E-state index < -0.39 is 37.8 Å². The van der Waals surface area contributed by atoms with Crippen LogP contribution in [0.1, 0.15) is 5.56 Å². The SMILES string of the molecule is Cc1cc(F)ccc1S(=O)(=O)N1CCOC2CS(=O)(=O)CC21. The van der Waals surface area contributed by atoms with Gasteiger partial charge >= 0.3 is 0 Å². The Balaban J connectivity index is 2.01. The lowest BCUT2D eigenvalue weighted by Crippen LogP contribution is -2.53. The molecular weight excluding hydrogens is 333 g/mol. The summed E-state index contributed by atoms with van der Waals surface area (Å²) in [5.41, 5.74) is 0.295. The van der Waals surface area contributed by atoms with Crippen LogP contribution in [0.3, 0.4) is 0 Å². The minimum atomic E-state index is -3.89. The van der Waals surface area contributed by atoms with E-state index in [0.29, 0.717) is 5.56 Å². The lowest BCUT2D eigenvalue weighted by molar-refractivity contribution is -0.0141. The van der Waals surface area contributed by atoms with Crippen LogP contribution in [0.2, 0.25) is 0 Å². The van der Waals surface area contributed by atoms with Gasteiger partial charge in [-0.2, -0.15) is 4.31 Å². The summed E-state index contributed by atoms with van der Waals surface area (Å²) in [6.07, 6.45) is -0.630. The maximum atomic E-state index is 13.2. The van der Waals surface area contributed by atoms with Crippen LogP contribution in [0, 0.1) is 12.7 Å². The first-order valence-corrected chi connectivity index (χ1v) is 10.1. The molecule has 2 aliphatic rings. The zero-order valence-corrected chi connectivity index (χ0v) is 13.5. The van der Waals surface area contributed by atoms with E-state index in [1.807, 2.05) is 0 Å². The van der Waals surface area contributed by atoms with Crippen molar-refractivity contribution in [1.82, 2.24) is 4.31 Å². The molecule has 6 nitrogen and oxygen atoms in total. The molecule has 9 heteroatoms. The number of nitrogens with zero attached hydrogens (tertiary/aromatic N) is 1. The van der Waals surface area contributed by atoms with Crippen molar-refractivity contribution >= 4 is 19.9 Å². The van der Waals surface area contributed by atoms with Crippen LogP contribution in [0.5, 0.6) is 0 Å². The van der Waals surface area contributed by atoms with Crippen molar-refractivity contribution in [2.75, 3.05) is 24.7 Å². The van der Waals surface area contributed by atoms with Gasteiger partial charge in [-0.3, -0.25) is 0 Å². The van der Waals surface area contributed by atoms with Crippen molar-refractivity contribution in [2.24, 2.45) is 0 Å². The van der Waals surface area contributed by atoms with E-state index in [1.165, 1.54) is 17.3 Å². The highest BCUT2D eigenvalue weighted by Gasteiger charge is 2.48. The third-order valence-corrected chi connectivity index (χ3v) is 7.78. The highest BCUT2D eigenvalue weighted by atomic mass is 32.2. The minimum Gasteiger partial charge on any atom is -0.374 e. The van der Waals surface area contributed by atoms with Crippen LogP contribution in [-0.2, 0) is 24.6 Å². The van der Waals surface area contributed by atoms with Gasteiger partial charge in [-0.1, -0.05) is 0 Å². The molecule has 0 bridgehead atoms. The number of ether oxygens (including phenoxy) is 1. The molecule has 2 heterocycles. The Morgan fingerprint density at radius 1 is 1.32 bits per heavy atom. The van der Waals surface area contributed by atoms with Crippen molar-refractivity contribution in [1.29, 1.82) is 0 Å². The van der Waals surface area contributed by atoms with Gasteiger partial charge in [-0.25, -0.2) is 21.2 Å². The molecule has 22 heavy (non-hydrogen) atoms. The van der Waals surface area contributed by atoms with E-state index >= 15 is 0 Å². The first-order chi connectivity index (χ1) is 10.2. The van der Waals surface area contributed by atoms with Gasteiger partial charge in [-0.15, -0.1) is 0 Å². The number of hydrogen-bond donors (Lipinski definition) is 0. The lowest BCUT2D eigenvalue weighted by atomic mass is 10.2. The smallest absolute Gasteiger partial charge is 0.243 e. The molecule has 1 aromatic carbocycles. The molecule has 2 saturated heterocycles. The number of hydrogen-bond acceptors (Lipinski definition) is 5. The molecule has 2 atom stereocenters. The summed E-state index contributed by atoms with van der Waals surface area (Å²) in [6, 6.07) is 2.74. The number of morpholine rings is 1. The largest absolute Gasteiger partial charge is 0.374 e. The average molecular weight is 349 g/mol. The van der Waals surface area contributed by atoms with Gasteiger partial charge in [0.1, 0.15) is 5.82 Å². The fourth-order valence-corrected chi connectivity index (χ4v) is 6.82. The van der Waals surface area contributed by atoms with E-state index in [0.717, 1.165) is 12.1 Å². The van der Waals surface area contributed by atoms with Gasteiger partial charge in [0.2, 0.25) is 10.0 Å². The Morgan fingerprint density at radius 2 is 2.05 bits per heavy atom. The molecule has 1 aromatic rings. The van der Waals surface area contributed by atoms with E-state index in [9.17, 15) is 21.2 Å². The third kappa shape index (κ3) is 2.66. The molecule has 0 aromatic heterocycles. The highest BCUT2D eigenvalue weighted by molar-refractivity contribution is 7.92. The van der Waals surface area contributed by atoms with E-state index in [-0.39, 0.29) is 29.6 Å². The van der Waals surface area contributed by atoms with Crippen molar-refractivity contribution in [3.63, 3.8) is 0 Å². The Hall–Kier alpha value is -1.03. The Labute approximate surface area is 128 Å². The van der Waals surface area contributed by atoms with Crippen molar-refractivity contribution < 1.29 is 26.0 Å².